The lowest BCUT2D eigenvalue weighted by atomic mass is 10.0. The molecule has 0 bridgehead atoms. The van der Waals surface area contributed by atoms with Gasteiger partial charge in [0.15, 0.2) is 5.69 Å². The Morgan fingerprint density at radius 2 is 2.00 bits per heavy atom. The topological polar surface area (TPSA) is 110 Å². The molecule has 0 spiro atoms. The molecule has 1 atom stereocenters. The fraction of sp³-hybridized carbons (Fsp3) is 0.0769. The van der Waals surface area contributed by atoms with Crippen molar-refractivity contribution in [1.29, 1.82) is 5.26 Å². The van der Waals surface area contributed by atoms with E-state index in [0.29, 0.717) is 16.8 Å². The van der Waals surface area contributed by atoms with E-state index in [2.05, 4.69) is 4.98 Å². The van der Waals surface area contributed by atoms with Gasteiger partial charge in [0.1, 0.15) is 17.5 Å². The molecule has 2 aromatic rings. The maximum absolute atomic E-state index is 10.8. The highest BCUT2D eigenvalue weighted by molar-refractivity contribution is 5.76. The van der Waals surface area contributed by atoms with Crippen LogP contribution in [0.15, 0.2) is 30.3 Å². The average Bonchev–Trinajstić information content (AvgIpc) is 2.38. The number of nitrogens with two attached hydrogens (primary N) is 1. The Hall–Kier alpha value is -2.46. The summed E-state index contributed by atoms with van der Waals surface area (Å²) in [6.07, 6.45) is 0. The number of anilines is 1. The zero-order valence-corrected chi connectivity index (χ0v) is 10.2. The van der Waals surface area contributed by atoms with E-state index in [0.717, 1.165) is 5.56 Å². The highest BCUT2D eigenvalue weighted by Crippen LogP contribution is 2.27. The number of nitriles is 1. The molecule has 0 amide bonds. The smallest absolute Gasteiger partial charge is 0.163 e. The predicted octanol–water partition coefficient (Wildman–Crippen LogP) is 0.914. The van der Waals surface area contributed by atoms with Crippen LogP contribution in [0, 0.1) is 23.5 Å². The van der Waals surface area contributed by atoms with Crippen LogP contribution in [-0.4, -0.2) is 10.2 Å². The highest BCUT2D eigenvalue weighted by Gasteiger charge is 2.11. The first-order valence-electron chi connectivity index (χ1n) is 5.54. The normalized spacial score (nSPS) is 11.9. The van der Waals surface area contributed by atoms with Crippen molar-refractivity contribution >= 4 is 11.5 Å². The molecule has 0 aliphatic rings. The maximum atomic E-state index is 10.8. The van der Waals surface area contributed by atoms with E-state index < -0.39 is 5.23 Å². The number of nitrogens with one attached hydrogen (secondary N) is 1. The Kier molecular flexibility index (Phi) is 3.44. The summed E-state index contributed by atoms with van der Waals surface area (Å²) in [5.41, 5.74) is 8.31. The van der Waals surface area contributed by atoms with Crippen molar-refractivity contribution in [3.05, 3.63) is 46.8 Å². The maximum Gasteiger partial charge on any atom is 0.163 e. The molecular weight excluding hydrogens is 244 g/mol. The third-order valence-electron chi connectivity index (χ3n) is 2.73. The molecule has 6 nitrogen and oxygen atoms in total. The van der Waals surface area contributed by atoms with Gasteiger partial charge in [-0.1, -0.05) is 0 Å². The van der Waals surface area contributed by atoms with Crippen LogP contribution in [0.4, 0.5) is 11.5 Å². The first-order valence-corrected chi connectivity index (χ1v) is 5.54. The number of pyridine rings is 1. The summed E-state index contributed by atoms with van der Waals surface area (Å²) in [5.74, 6) is 0.180. The molecule has 0 radical (unpaired) electrons. The van der Waals surface area contributed by atoms with Crippen molar-refractivity contribution in [3.8, 4) is 17.2 Å². The SMILES string of the molecule is Cc1cc(-c2ccc([NH+]([O-])O)cc2)c(C#N)c(N)n1. The number of aryl methyl sites for hydroxylation is 1. The van der Waals surface area contributed by atoms with E-state index in [4.69, 9.17) is 16.2 Å². The third kappa shape index (κ3) is 2.53. The Bertz CT molecular complexity index is 645. The molecule has 0 aliphatic heterocycles. The van der Waals surface area contributed by atoms with E-state index in [1.165, 1.54) is 12.1 Å². The van der Waals surface area contributed by atoms with Gasteiger partial charge in [0.2, 0.25) is 0 Å². The molecule has 2 rings (SSSR count). The fourth-order valence-electron chi connectivity index (χ4n) is 1.83. The molecule has 1 unspecified atom stereocenters. The number of hydrogen-bond donors (Lipinski definition) is 3. The van der Waals surface area contributed by atoms with E-state index in [9.17, 15) is 5.21 Å². The average molecular weight is 256 g/mol. The molecule has 0 fully saturated rings. The molecule has 0 saturated carbocycles. The minimum Gasteiger partial charge on any atom is -0.595 e. The Balaban J connectivity index is 2.56. The molecule has 0 aliphatic carbocycles. The van der Waals surface area contributed by atoms with Crippen LogP contribution >= 0.6 is 0 Å². The summed E-state index contributed by atoms with van der Waals surface area (Å²) in [6, 6.07) is 10.1. The van der Waals surface area contributed by atoms with Crippen molar-refractivity contribution in [3.63, 3.8) is 0 Å². The minimum atomic E-state index is -0.988. The number of nitrogens with zero attached hydrogens (tertiary/aromatic N) is 2. The zero-order valence-electron chi connectivity index (χ0n) is 10.2. The highest BCUT2D eigenvalue weighted by atomic mass is 16.8. The molecule has 19 heavy (non-hydrogen) atoms. The van der Waals surface area contributed by atoms with E-state index in [1.54, 1.807) is 25.1 Å². The Morgan fingerprint density at radius 1 is 1.37 bits per heavy atom. The summed E-state index contributed by atoms with van der Waals surface area (Å²) in [6.45, 7) is 1.78. The van der Waals surface area contributed by atoms with Crippen molar-refractivity contribution in [2.45, 2.75) is 6.92 Å². The Labute approximate surface area is 109 Å². The van der Waals surface area contributed by atoms with E-state index in [1.807, 2.05) is 6.07 Å². The summed E-state index contributed by atoms with van der Waals surface area (Å²) in [5, 5.41) is 27.8. The number of quaternary nitrogens is 1. The van der Waals surface area contributed by atoms with Gasteiger partial charge in [0, 0.05) is 23.4 Å². The lowest BCUT2D eigenvalue weighted by Gasteiger charge is -2.12. The van der Waals surface area contributed by atoms with Crippen LogP contribution in [0.3, 0.4) is 0 Å². The van der Waals surface area contributed by atoms with Gasteiger partial charge in [0.25, 0.3) is 0 Å². The predicted molar refractivity (Wildman–Crippen MR) is 69.3 cm³/mol. The van der Waals surface area contributed by atoms with Gasteiger partial charge in [-0.2, -0.15) is 10.5 Å². The van der Waals surface area contributed by atoms with E-state index >= 15 is 0 Å². The van der Waals surface area contributed by atoms with Crippen molar-refractivity contribution in [2.24, 2.45) is 0 Å². The van der Waals surface area contributed by atoms with Gasteiger partial charge in [-0.15, -0.1) is 0 Å². The van der Waals surface area contributed by atoms with Crippen LogP contribution in [0.5, 0.6) is 0 Å². The summed E-state index contributed by atoms with van der Waals surface area (Å²) in [7, 11) is 0. The van der Waals surface area contributed by atoms with E-state index in [-0.39, 0.29) is 11.5 Å². The first-order chi connectivity index (χ1) is 9.02. The molecule has 0 saturated heterocycles. The summed E-state index contributed by atoms with van der Waals surface area (Å²) < 4.78 is 0. The third-order valence-corrected chi connectivity index (χ3v) is 2.73. The van der Waals surface area contributed by atoms with Crippen LogP contribution in [0.1, 0.15) is 11.3 Å². The van der Waals surface area contributed by atoms with Crippen molar-refractivity contribution in [2.75, 3.05) is 5.73 Å². The minimum absolute atomic E-state index is 0.180. The van der Waals surface area contributed by atoms with Gasteiger partial charge in [-0.05, 0) is 30.7 Å². The van der Waals surface area contributed by atoms with Gasteiger partial charge in [0.05, 0.1) is 0 Å². The second-order valence-electron chi connectivity index (χ2n) is 4.07. The Morgan fingerprint density at radius 3 is 2.53 bits per heavy atom. The number of rotatable bonds is 2. The second kappa shape index (κ2) is 5.04. The molecule has 1 aromatic heterocycles. The lowest BCUT2D eigenvalue weighted by molar-refractivity contribution is -0.991. The number of aromatic nitrogens is 1. The number of hydrogen-bond acceptors (Lipinski definition) is 5. The standard InChI is InChI=1S/C13H12N4O2/c1-8-6-11(12(7-14)13(15)16-8)9-2-4-10(5-3-9)17(18)19/h2-6,17-18H,1H3,(H2,15,16). The molecule has 6 heteroatoms. The summed E-state index contributed by atoms with van der Waals surface area (Å²) >= 11 is 0. The lowest BCUT2D eigenvalue weighted by Crippen LogP contribution is -2.99. The molecule has 1 heterocycles. The molecular formula is C13H12N4O2. The molecule has 96 valence electrons. The van der Waals surface area contributed by atoms with Crippen LogP contribution in [0.25, 0.3) is 11.1 Å². The van der Waals surface area contributed by atoms with Gasteiger partial charge in [-0.25, -0.2) is 10.2 Å². The van der Waals surface area contributed by atoms with Crippen LogP contribution in [-0.2, 0) is 0 Å². The monoisotopic (exact) mass is 256 g/mol. The van der Waals surface area contributed by atoms with Crippen LogP contribution < -0.4 is 11.0 Å². The summed E-state index contributed by atoms with van der Waals surface area (Å²) in [4.78, 5) is 4.04. The largest absolute Gasteiger partial charge is 0.595 e. The van der Waals surface area contributed by atoms with Gasteiger partial charge < -0.3 is 10.9 Å². The number of benzene rings is 1. The van der Waals surface area contributed by atoms with Crippen LogP contribution in [0.2, 0.25) is 0 Å². The van der Waals surface area contributed by atoms with Gasteiger partial charge in [-0.3, -0.25) is 0 Å². The second-order valence-corrected chi connectivity index (χ2v) is 4.07. The van der Waals surface area contributed by atoms with Crippen molar-refractivity contribution in [1.82, 2.24) is 4.98 Å². The van der Waals surface area contributed by atoms with Crippen molar-refractivity contribution < 1.29 is 10.4 Å². The quantitative estimate of drug-likeness (QED) is 0.692. The molecule has 4 N–H and O–H groups in total. The zero-order chi connectivity index (χ0) is 14.0. The molecule has 1 aromatic carbocycles. The number of nitrogen functional groups attached to an aromatic ring is 1. The fourth-order valence-corrected chi connectivity index (χ4v) is 1.83. The van der Waals surface area contributed by atoms with Gasteiger partial charge >= 0.3 is 0 Å². The first kappa shape index (κ1) is 13.0.